The number of aromatic nitrogens is 3. The second kappa shape index (κ2) is 10.4. The maximum Gasteiger partial charge on any atom is 0.475 e. The molecule has 5 rings (SSSR count). The molecule has 15 heteroatoms. The minimum atomic E-state index is -4.28. The van der Waals surface area contributed by atoms with Gasteiger partial charge in [-0.15, -0.1) is 0 Å². The number of anilines is 1. The SMILES string of the molecule is CCOC(=O)c1ccccc1COP1(=O)OC[C@H]2O[C@@](C#N)(c3ccc4c(N)ncnn34)[C@H](OC(C)=O)[C@@H]2O1. The summed E-state index contributed by atoms with van der Waals surface area (Å²) in [6.07, 6.45) is -2.35. The molecule has 0 amide bonds. The van der Waals surface area contributed by atoms with Crippen LogP contribution in [0.25, 0.3) is 5.52 Å². The van der Waals surface area contributed by atoms with E-state index in [4.69, 9.17) is 33.5 Å². The lowest BCUT2D eigenvalue weighted by Crippen LogP contribution is -2.46. The molecule has 2 aliphatic rings. The van der Waals surface area contributed by atoms with E-state index in [9.17, 15) is 19.4 Å². The maximum atomic E-state index is 13.5. The highest BCUT2D eigenvalue weighted by atomic mass is 31.2. The van der Waals surface area contributed by atoms with Crippen molar-refractivity contribution in [3.63, 3.8) is 0 Å². The minimum Gasteiger partial charge on any atom is -0.462 e. The standard InChI is InChI=1S/C24H24N5O9P/c1-3-33-23(31)16-7-5-4-6-15(16)10-34-39(32)35-11-18-20(38-39)21(36-14(2)30)24(12-25,37-18)19-9-8-17-22(26)27-13-28-29(17)19/h4-9,13,18,20-21H,3,10-11H2,1-2H3,(H2,26,27,28)/t18-,20-,21-,24+,39?/m1/s1. The number of carbonyl (C=O) groups is 2. The van der Waals surface area contributed by atoms with E-state index in [1.165, 1.54) is 10.8 Å². The third-order valence-corrected chi connectivity index (χ3v) is 7.67. The molecular formula is C24H24N5O9P. The van der Waals surface area contributed by atoms with Crippen molar-refractivity contribution in [1.29, 1.82) is 5.26 Å². The summed E-state index contributed by atoms with van der Waals surface area (Å²) in [5.41, 5.74) is 5.22. The summed E-state index contributed by atoms with van der Waals surface area (Å²) in [6, 6.07) is 11.7. The van der Waals surface area contributed by atoms with E-state index < -0.39 is 43.7 Å². The van der Waals surface area contributed by atoms with Gasteiger partial charge < -0.3 is 19.9 Å². The van der Waals surface area contributed by atoms with Crippen LogP contribution in [0.4, 0.5) is 5.82 Å². The molecule has 4 heterocycles. The summed E-state index contributed by atoms with van der Waals surface area (Å²) in [4.78, 5) is 28.4. The molecular weight excluding hydrogens is 533 g/mol. The molecule has 2 fully saturated rings. The zero-order valence-corrected chi connectivity index (χ0v) is 21.8. The highest BCUT2D eigenvalue weighted by Crippen LogP contribution is 2.59. The van der Waals surface area contributed by atoms with Crippen LogP contribution in [0.15, 0.2) is 42.7 Å². The van der Waals surface area contributed by atoms with Crippen LogP contribution in [0.5, 0.6) is 0 Å². The molecule has 0 bridgehead atoms. The Hall–Kier alpha value is -3.86. The summed E-state index contributed by atoms with van der Waals surface area (Å²) in [6.45, 7) is 2.40. The predicted octanol–water partition coefficient (Wildman–Crippen LogP) is 2.28. The monoisotopic (exact) mass is 557 g/mol. The Morgan fingerprint density at radius 2 is 2.10 bits per heavy atom. The highest BCUT2D eigenvalue weighted by molar-refractivity contribution is 7.48. The zero-order valence-electron chi connectivity index (χ0n) is 20.9. The number of nitrogen functional groups attached to an aromatic ring is 1. The van der Waals surface area contributed by atoms with Gasteiger partial charge in [-0.05, 0) is 30.7 Å². The molecule has 2 aromatic heterocycles. The molecule has 2 saturated heterocycles. The van der Waals surface area contributed by atoms with Crippen molar-refractivity contribution in [2.24, 2.45) is 0 Å². The predicted molar refractivity (Wildman–Crippen MR) is 131 cm³/mol. The molecule has 204 valence electrons. The molecule has 14 nitrogen and oxygen atoms in total. The number of nitrogens with zero attached hydrogens (tertiary/aromatic N) is 4. The van der Waals surface area contributed by atoms with Crippen molar-refractivity contribution in [2.75, 3.05) is 18.9 Å². The molecule has 1 unspecified atom stereocenters. The van der Waals surface area contributed by atoms with Crippen LogP contribution in [0, 0.1) is 11.3 Å². The molecule has 0 saturated carbocycles. The number of phosphoric acid groups is 1. The molecule has 0 radical (unpaired) electrons. The van der Waals surface area contributed by atoms with Gasteiger partial charge in [0.25, 0.3) is 0 Å². The Bertz CT molecular complexity index is 1520. The molecule has 0 spiro atoms. The summed E-state index contributed by atoms with van der Waals surface area (Å²) in [5, 5.41) is 14.5. The summed E-state index contributed by atoms with van der Waals surface area (Å²) < 4.78 is 48.3. The third kappa shape index (κ3) is 4.75. The Kier molecular flexibility index (Phi) is 7.11. The van der Waals surface area contributed by atoms with Crippen molar-refractivity contribution in [1.82, 2.24) is 14.6 Å². The Morgan fingerprint density at radius 1 is 1.31 bits per heavy atom. The van der Waals surface area contributed by atoms with Gasteiger partial charge in [0.05, 0.1) is 31.1 Å². The van der Waals surface area contributed by atoms with E-state index in [0.29, 0.717) is 11.1 Å². The van der Waals surface area contributed by atoms with Gasteiger partial charge in [-0.3, -0.25) is 18.4 Å². The molecule has 2 N–H and O–H groups in total. The number of carbonyl (C=O) groups excluding carboxylic acids is 2. The van der Waals surface area contributed by atoms with Crippen LogP contribution in [-0.2, 0) is 49.3 Å². The maximum absolute atomic E-state index is 13.5. The zero-order chi connectivity index (χ0) is 27.8. The lowest BCUT2D eigenvalue weighted by atomic mass is 9.92. The fraction of sp³-hybridized carbons (Fsp3) is 0.375. The molecule has 2 aliphatic heterocycles. The van der Waals surface area contributed by atoms with Crippen LogP contribution in [0.1, 0.15) is 35.5 Å². The first-order valence-electron chi connectivity index (χ1n) is 11.9. The summed E-state index contributed by atoms with van der Waals surface area (Å²) >= 11 is 0. The van der Waals surface area contributed by atoms with Gasteiger partial charge in [0, 0.05) is 6.92 Å². The number of phosphoric ester groups is 1. The number of hydrogen-bond acceptors (Lipinski definition) is 13. The molecule has 3 aromatic rings. The molecule has 0 aliphatic carbocycles. The highest BCUT2D eigenvalue weighted by Gasteiger charge is 2.64. The molecule has 39 heavy (non-hydrogen) atoms. The van der Waals surface area contributed by atoms with Gasteiger partial charge >= 0.3 is 19.8 Å². The number of rotatable bonds is 7. The van der Waals surface area contributed by atoms with E-state index in [-0.39, 0.29) is 36.9 Å². The molecule has 1 aromatic carbocycles. The van der Waals surface area contributed by atoms with Crippen LogP contribution in [-0.4, -0.2) is 58.1 Å². The largest absolute Gasteiger partial charge is 0.475 e. The Labute approximate surface area is 222 Å². The van der Waals surface area contributed by atoms with Gasteiger partial charge in [0.15, 0.2) is 11.9 Å². The number of nitriles is 1. The summed E-state index contributed by atoms with van der Waals surface area (Å²) in [5.74, 6) is -1.14. The van der Waals surface area contributed by atoms with Crippen molar-refractivity contribution < 1.29 is 41.9 Å². The fourth-order valence-corrected chi connectivity index (χ4v) is 5.95. The van der Waals surface area contributed by atoms with Crippen LogP contribution < -0.4 is 5.73 Å². The normalized spacial score (nSPS) is 28.0. The topological polar surface area (TPSA) is 187 Å². The van der Waals surface area contributed by atoms with Gasteiger partial charge in [0.2, 0.25) is 5.60 Å². The van der Waals surface area contributed by atoms with Gasteiger partial charge in [0.1, 0.15) is 30.1 Å². The number of hydrogen-bond donors (Lipinski definition) is 1. The van der Waals surface area contributed by atoms with Crippen LogP contribution >= 0.6 is 7.82 Å². The number of nitrogens with two attached hydrogens (primary N) is 1. The second-order valence-corrected chi connectivity index (χ2v) is 10.3. The van der Waals surface area contributed by atoms with E-state index in [1.54, 1.807) is 43.3 Å². The van der Waals surface area contributed by atoms with Crippen molar-refractivity contribution in [3.8, 4) is 6.07 Å². The first kappa shape index (κ1) is 26.7. The Morgan fingerprint density at radius 3 is 2.85 bits per heavy atom. The van der Waals surface area contributed by atoms with E-state index in [2.05, 4.69) is 16.2 Å². The van der Waals surface area contributed by atoms with Crippen LogP contribution in [0.2, 0.25) is 0 Å². The minimum absolute atomic E-state index is 0.157. The number of fused-ring (bicyclic) bond motifs is 2. The lowest BCUT2D eigenvalue weighted by molar-refractivity contribution is -0.157. The quantitative estimate of drug-likeness (QED) is 0.330. The van der Waals surface area contributed by atoms with Crippen molar-refractivity contribution in [3.05, 3.63) is 59.5 Å². The van der Waals surface area contributed by atoms with Gasteiger partial charge in [-0.2, -0.15) is 10.4 Å². The fourth-order valence-electron chi connectivity index (χ4n) is 4.58. The average molecular weight is 557 g/mol. The third-order valence-electron chi connectivity index (χ3n) is 6.26. The number of esters is 2. The molecule has 5 atom stereocenters. The van der Waals surface area contributed by atoms with E-state index in [0.717, 1.165) is 6.92 Å². The first-order chi connectivity index (χ1) is 18.7. The summed E-state index contributed by atoms with van der Waals surface area (Å²) in [7, 11) is -4.28. The van der Waals surface area contributed by atoms with E-state index >= 15 is 0 Å². The van der Waals surface area contributed by atoms with Crippen LogP contribution in [0.3, 0.4) is 0 Å². The lowest BCUT2D eigenvalue weighted by Gasteiger charge is -2.32. The number of benzene rings is 1. The van der Waals surface area contributed by atoms with Gasteiger partial charge in [-0.1, -0.05) is 18.2 Å². The average Bonchev–Trinajstić information content (AvgIpc) is 3.48. The van der Waals surface area contributed by atoms with E-state index in [1.807, 2.05) is 0 Å². The van der Waals surface area contributed by atoms with Crippen molar-refractivity contribution in [2.45, 2.75) is 44.4 Å². The number of ether oxygens (including phenoxy) is 3. The van der Waals surface area contributed by atoms with Gasteiger partial charge in [-0.25, -0.2) is 18.9 Å². The smallest absolute Gasteiger partial charge is 0.462 e. The van der Waals surface area contributed by atoms with Crippen molar-refractivity contribution >= 4 is 31.1 Å². The Balaban J connectivity index is 1.44. The second-order valence-electron chi connectivity index (χ2n) is 8.66. The first-order valence-corrected chi connectivity index (χ1v) is 13.3.